The first kappa shape index (κ1) is 16.3. The third kappa shape index (κ3) is 3.66. The third-order valence-electron chi connectivity index (χ3n) is 3.94. The van der Waals surface area contributed by atoms with E-state index in [4.69, 9.17) is 10.5 Å². The third-order valence-corrected chi connectivity index (χ3v) is 3.94. The fraction of sp³-hybridized carbons (Fsp3) is 0.250. The van der Waals surface area contributed by atoms with E-state index in [-0.39, 0.29) is 0 Å². The first-order valence-corrected chi connectivity index (χ1v) is 8.17. The molecule has 3 aromatic rings. The molecule has 0 atom stereocenters. The van der Waals surface area contributed by atoms with Gasteiger partial charge in [-0.25, -0.2) is 4.98 Å². The van der Waals surface area contributed by atoms with Crippen molar-refractivity contribution in [1.82, 2.24) is 9.88 Å². The second-order valence-electron chi connectivity index (χ2n) is 6.11. The van der Waals surface area contributed by atoms with Crippen molar-refractivity contribution in [3.63, 3.8) is 0 Å². The number of rotatable bonds is 6. The Hall–Kier alpha value is -2.59. The molecule has 0 saturated heterocycles. The zero-order valence-corrected chi connectivity index (χ0v) is 14.2. The number of nitrogen functional groups attached to an aromatic ring is 1. The molecule has 4 nitrogen and oxygen atoms in total. The molecule has 0 aliphatic rings. The normalized spacial score (nSPS) is 11.1. The van der Waals surface area contributed by atoms with E-state index in [1.165, 1.54) is 0 Å². The van der Waals surface area contributed by atoms with Gasteiger partial charge in [-0.1, -0.05) is 30.3 Å². The molecule has 0 aliphatic carbocycles. The van der Waals surface area contributed by atoms with Crippen molar-refractivity contribution in [3.8, 4) is 17.0 Å². The van der Waals surface area contributed by atoms with E-state index in [1.54, 1.807) is 6.07 Å². The van der Waals surface area contributed by atoms with Crippen molar-refractivity contribution < 1.29 is 4.74 Å². The molecule has 24 heavy (non-hydrogen) atoms. The molecule has 0 amide bonds. The fourth-order valence-electron chi connectivity index (χ4n) is 2.79. The number of anilines is 1. The molecular formula is C20H23N3O. The van der Waals surface area contributed by atoms with Crippen LogP contribution in [0.4, 0.5) is 5.82 Å². The molecule has 124 valence electrons. The Morgan fingerprint density at radius 2 is 1.75 bits per heavy atom. The van der Waals surface area contributed by atoms with Crippen LogP contribution < -0.4 is 10.5 Å². The summed E-state index contributed by atoms with van der Waals surface area (Å²) in [5.41, 5.74) is 7.78. The number of nitrogens with two attached hydrogens (primary N) is 1. The highest BCUT2D eigenvalue weighted by Crippen LogP contribution is 2.34. The molecule has 0 fully saturated rings. The summed E-state index contributed by atoms with van der Waals surface area (Å²) < 4.78 is 6.01. The van der Waals surface area contributed by atoms with Crippen LogP contribution in [0.5, 0.6) is 5.75 Å². The number of aromatic nitrogens is 1. The minimum absolute atomic E-state index is 0.528. The average molecular weight is 321 g/mol. The van der Waals surface area contributed by atoms with Gasteiger partial charge < -0.3 is 15.4 Å². The van der Waals surface area contributed by atoms with E-state index in [9.17, 15) is 0 Å². The van der Waals surface area contributed by atoms with E-state index in [0.717, 1.165) is 40.7 Å². The van der Waals surface area contributed by atoms with Gasteiger partial charge in [0.1, 0.15) is 11.6 Å². The lowest BCUT2D eigenvalue weighted by atomic mass is 10.0. The summed E-state index contributed by atoms with van der Waals surface area (Å²) in [5, 5.41) is 2.23. The van der Waals surface area contributed by atoms with Crippen molar-refractivity contribution in [3.05, 3.63) is 54.6 Å². The molecule has 0 radical (unpaired) electrons. The van der Waals surface area contributed by atoms with E-state index in [0.29, 0.717) is 12.4 Å². The van der Waals surface area contributed by atoms with Crippen molar-refractivity contribution in [2.75, 3.05) is 33.0 Å². The van der Waals surface area contributed by atoms with E-state index in [1.807, 2.05) is 30.3 Å². The minimum Gasteiger partial charge on any atom is -0.493 e. The molecule has 0 spiro atoms. The van der Waals surface area contributed by atoms with Gasteiger partial charge in [0.2, 0.25) is 0 Å². The molecule has 4 heteroatoms. The maximum atomic E-state index is 6.01. The van der Waals surface area contributed by atoms with Gasteiger partial charge in [-0.2, -0.15) is 0 Å². The van der Waals surface area contributed by atoms with Crippen LogP contribution in [0.3, 0.4) is 0 Å². The van der Waals surface area contributed by atoms with Crippen molar-refractivity contribution in [2.45, 2.75) is 6.42 Å². The second-order valence-corrected chi connectivity index (χ2v) is 6.11. The van der Waals surface area contributed by atoms with Crippen LogP contribution in [0, 0.1) is 0 Å². The summed E-state index contributed by atoms with van der Waals surface area (Å²) in [6.45, 7) is 1.72. The molecular weight excluding hydrogens is 298 g/mol. The number of benzene rings is 2. The Labute approximate surface area is 142 Å². The zero-order valence-electron chi connectivity index (χ0n) is 14.2. The maximum Gasteiger partial charge on any atom is 0.127 e. The molecule has 1 heterocycles. The largest absolute Gasteiger partial charge is 0.493 e. The molecule has 0 bridgehead atoms. The van der Waals surface area contributed by atoms with Gasteiger partial charge in [0.25, 0.3) is 0 Å². The Balaban J connectivity index is 1.93. The number of ether oxygens (including phenoxy) is 1. The smallest absolute Gasteiger partial charge is 0.127 e. The van der Waals surface area contributed by atoms with Crippen molar-refractivity contribution in [1.29, 1.82) is 0 Å². The Kier molecular flexibility index (Phi) is 4.96. The minimum atomic E-state index is 0.528. The van der Waals surface area contributed by atoms with E-state index < -0.39 is 0 Å². The number of fused-ring (bicyclic) bond motifs is 1. The average Bonchev–Trinajstić information content (AvgIpc) is 2.58. The van der Waals surface area contributed by atoms with Crippen LogP contribution in [0.2, 0.25) is 0 Å². The molecule has 0 aliphatic heterocycles. The van der Waals surface area contributed by atoms with Gasteiger partial charge in [0.15, 0.2) is 0 Å². The highest BCUT2D eigenvalue weighted by atomic mass is 16.5. The Morgan fingerprint density at radius 1 is 0.958 bits per heavy atom. The highest BCUT2D eigenvalue weighted by Gasteiger charge is 2.09. The molecule has 3 rings (SSSR count). The maximum absolute atomic E-state index is 6.01. The second kappa shape index (κ2) is 7.32. The molecule has 2 aromatic carbocycles. The summed E-state index contributed by atoms with van der Waals surface area (Å²) in [4.78, 5) is 6.61. The van der Waals surface area contributed by atoms with Crippen LogP contribution in [-0.4, -0.2) is 37.1 Å². The Morgan fingerprint density at radius 3 is 2.50 bits per heavy atom. The fourth-order valence-corrected chi connectivity index (χ4v) is 2.79. The lowest BCUT2D eigenvalue weighted by Crippen LogP contribution is -2.15. The number of nitrogens with zero attached hydrogens (tertiary/aromatic N) is 2. The lowest BCUT2D eigenvalue weighted by molar-refractivity contribution is 0.284. The molecule has 0 unspecified atom stereocenters. The zero-order chi connectivity index (χ0) is 16.9. The van der Waals surface area contributed by atoms with E-state index >= 15 is 0 Å². The monoisotopic (exact) mass is 321 g/mol. The molecule has 2 N–H and O–H groups in total. The first-order valence-electron chi connectivity index (χ1n) is 8.17. The van der Waals surface area contributed by atoms with Crippen molar-refractivity contribution in [2.24, 2.45) is 0 Å². The SMILES string of the molecule is CN(C)CCCOc1ccc(-c2cccc(N)n2)c2ccccc12. The Bertz CT molecular complexity index is 830. The van der Waals surface area contributed by atoms with Crippen LogP contribution in [-0.2, 0) is 0 Å². The van der Waals surface area contributed by atoms with Gasteiger partial charge in [-0.05, 0) is 50.2 Å². The summed E-state index contributed by atoms with van der Waals surface area (Å²) in [6.07, 6.45) is 1.000. The molecule has 1 aromatic heterocycles. The highest BCUT2D eigenvalue weighted by molar-refractivity contribution is 5.99. The number of hydrogen-bond acceptors (Lipinski definition) is 4. The van der Waals surface area contributed by atoms with Crippen molar-refractivity contribution >= 4 is 16.6 Å². The van der Waals surface area contributed by atoms with Gasteiger partial charge in [-0.15, -0.1) is 0 Å². The van der Waals surface area contributed by atoms with Crippen LogP contribution in [0.1, 0.15) is 6.42 Å². The van der Waals surface area contributed by atoms with Gasteiger partial charge in [0, 0.05) is 17.5 Å². The van der Waals surface area contributed by atoms with Gasteiger partial charge in [-0.3, -0.25) is 0 Å². The number of hydrogen-bond donors (Lipinski definition) is 1. The summed E-state index contributed by atoms with van der Waals surface area (Å²) in [5.74, 6) is 1.44. The number of pyridine rings is 1. The summed E-state index contributed by atoms with van der Waals surface area (Å²) in [6, 6.07) is 18.1. The van der Waals surface area contributed by atoms with Crippen LogP contribution in [0.15, 0.2) is 54.6 Å². The quantitative estimate of drug-likeness (QED) is 0.701. The van der Waals surface area contributed by atoms with Crippen LogP contribution in [0.25, 0.3) is 22.0 Å². The lowest BCUT2D eigenvalue weighted by Gasteiger charge is -2.14. The molecule has 0 saturated carbocycles. The summed E-state index contributed by atoms with van der Waals surface area (Å²) in [7, 11) is 4.14. The summed E-state index contributed by atoms with van der Waals surface area (Å²) >= 11 is 0. The topological polar surface area (TPSA) is 51.4 Å². The van der Waals surface area contributed by atoms with E-state index in [2.05, 4.69) is 42.2 Å². The van der Waals surface area contributed by atoms with Gasteiger partial charge in [0.05, 0.1) is 12.3 Å². The standard InChI is InChI=1S/C20H23N3O/c1-23(2)13-6-14-24-19-12-11-16(15-7-3-4-8-17(15)19)18-9-5-10-20(21)22-18/h3-5,7-12H,6,13-14H2,1-2H3,(H2,21,22). The predicted molar refractivity (Wildman–Crippen MR) is 100 cm³/mol. The first-order chi connectivity index (χ1) is 11.6. The predicted octanol–water partition coefficient (Wildman–Crippen LogP) is 3.81. The van der Waals surface area contributed by atoms with Crippen LogP contribution >= 0.6 is 0 Å². The van der Waals surface area contributed by atoms with Gasteiger partial charge >= 0.3 is 0 Å².